The van der Waals surface area contributed by atoms with Gasteiger partial charge in [0, 0.05) is 32.1 Å². The van der Waals surface area contributed by atoms with Gasteiger partial charge >= 0.3 is 6.18 Å². The molecule has 0 fully saturated rings. The minimum Gasteiger partial charge on any atom is -0.337 e. The Bertz CT molecular complexity index is 1570. The number of carbonyl (C=O) groups is 3. The number of hydrogen-bond donors (Lipinski definition) is 1. The van der Waals surface area contributed by atoms with Gasteiger partial charge in [-0.1, -0.05) is 11.2 Å². The van der Waals surface area contributed by atoms with Crippen molar-refractivity contribution in [2.45, 2.75) is 32.6 Å². The molecule has 0 spiro atoms. The molecular formula is C24H23F3N10O4. The zero-order valence-electron chi connectivity index (χ0n) is 22.1. The Hall–Kier alpha value is -5.22. The molecule has 0 aromatic carbocycles. The van der Waals surface area contributed by atoms with Crippen LogP contribution in [-0.4, -0.2) is 71.9 Å². The average Bonchev–Trinajstić information content (AvgIpc) is 3.57. The lowest BCUT2D eigenvalue weighted by Gasteiger charge is -2.21. The van der Waals surface area contributed by atoms with E-state index in [1.54, 1.807) is 6.92 Å². The van der Waals surface area contributed by atoms with Crippen molar-refractivity contribution < 1.29 is 32.1 Å². The number of anilines is 2. The fourth-order valence-corrected chi connectivity index (χ4v) is 3.65. The highest BCUT2D eigenvalue weighted by molar-refractivity contribution is 6.00. The summed E-state index contributed by atoms with van der Waals surface area (Å²) < 4.78 is 44.7. The number of nitrogens with one attached hydrogen (secondary N) is 1. The van der Waals surface area contributed by atoms with Crippen LogP contribution in [0.5, 0.6) is 0 Å². The third-order valence-corrected chi connectivity index (χ3v) is 5.76. The van der Waals surface area contributed by atoms with Crippen LogP contribution in [0, 0.1) is 6.92 Å². The highest BCUT2D eigenvalue weighted by Gasteiger charge is 2.34. The van der Waals surface area contributed by atoms with Crippen LogP contribution in [0.3, 0.4) is 0 Å². The van der Waals surface area contributed by atoms with Gasteiger partial charge in [0.05, 0.1) is 12.0 Å². The van der Waals surface area contributed by atoms with E-state index in [4.69, 9.17) is 4.52 Å². The summed E-state index contributed by atoms with van der Waals surface area (Å²) in [5.41, 5.74) is 0.366. The fraction of sp³-hybridized carbons (Fsp3) is 0.292. The van der Waals surface area contributed by atoms with Crippen molar-refractivity contribution in [3.8, 4) is 11.3 Å². The fourth-order valence-electron chi connectivity index (χ4n) is 3.65. The van der Waals surface area contributed by atoms with E-state index in [-0.39, 0.29) is 41.0 Å². The highest BCUT2D eigenvalue weighted by atomic mass is 19.4. The molecule has 0 bridgehead atoms. The van der Waals surface area contributed by atoms with Crippen molar-refractivity contribution in [3.05, 3.63) is 60.2 Å². The smallest absolute Gasteiger partial charge is 0.337 e. The summed E-state index contributed by atoms with van der Waals surface area (Å²) in [5.74, 6) is -1.79. The average molecular weight is 573 g/mol. The summed E-state index contributed by atoms with van der Waals surface area (Å²) in [6.45, 7) is 3.09. The van der Waals surface area contributed by atoms with Crippen LogP contribution in [0.15, 0.2) is 41.4 Å². The molecule has 3 amide bonds. The lowest BCUT2D eigenvalue weighted by molar-refractivity contribution is -0.145. The van der Waals surface area contributed by atoms with Crippen molar-refractivity contribution in [1.29, 1.82) is 0 Å². The molecule has 0 aliphatic rings. The molecule has 4 rings (SSSR count). The second-order valence-corrected chi connectivity index (χ2v) is 8.80. The molecule has 4 aromatic rings. The van der Waals surface area contributed by atoms with Gasteiger partial charge in [-0.25, -0.2) is 19.9 Å². The van der Waals surface area contributed by atoms with E-state index in [0.29, 0.717) is 12.2 Å². The highest BCUT2D eigenvalue weighted by Crippen LogP contribution is 2.27. The Balaban J connectivity index is 1.57. The molecule has 14 nitrogen and oxygen atoms in total. The number of pyridine rings is 1. The first-order valence-electron chi connectivity index (χ1n) is 11.9. The van der Waals surface area contributed by atoms with Crippen molar-refractivity contribution >= 4 is 29.9 Å². The molecule has 0 aliphatic carbocycles. The third kappa shape index (κ3) is 6.34. The number of nitrogens with zero attached hydrogens (tertiary/aromatic N) is 9. The van der Waals surface area contributed by atoms with Gasteiger partial charge in [-0.3, -0.25) is 14.4 Å². The normalized spacial score (nSPS) is 12.1. The van der Waals surface area contributed by atoms with Crippen LogP contribution in [0.2, 0.25) is 0 Å². The Morgan fingerprint density at radius 2 is 1.85 bits per heavy atom. The summed E-state index contributed by atoms with van der Waals surface area (Å²) in [4.78, 5) is 59.7. The maximum atomic E-state index is 13.5. The number of aromatic nitrogens is 7. The number of amides is 3. The second kappa shape index (κ2) is 11.5. The summed E-state index contributed by atoms with van der Waals surface area (Å²) in [5, 5.41) is 6.31. The van der Waals surface area contributed by atoms with Gasteiger partial charge < -0.3 is 24.2 Å². The standard InChI is InChI=1S/C24H23F3N10O4/c1-13(21(39)33-17-7-5-6-16(32-17)15-8-28-23(29-9-15)24(25,26)27)37-11-30-20(36(4)12-38)19(37)22(40)35(3)10-18-31-14(2)34-41-18/h5-9,11-13H,10H2,1-4H3,(H,32,33,39)/t13-/m0/s1. The molecular weight excluding hydrogens is 549 g/mol. The Labute approximate surface area is 230 Å². The molecule has 0 saturated carbocycles. The number of hydrogen-bond acceptors (Lipinski definition) is 10. The minimum absolute atomic E-state index is 0.0145. The van der Waals surface area contributed by atoms with E-state index >= 15 is 0 Å². The number of carbonyl (C=O) groups excluding carboxylic acids is 3. The van der Waals surface area contributed by atoms with E-state index in [1.165, 1.54) is 55.0 Å². The van der Waals surface area contributed by atoms with Crippen LogP contribution in [0.4, 0.5) is 24.8 Å². The van der Waals surface area contributed by atoms with Gasteiger partial charge in [0.1, 0.15) is 18.4 Å². The molecule has 41 heavy (non-hydrogen) atoms. The third-order valence-electron chi connectivity index (χ3n) is 5.76. The molecule has 0 saturated heterocycles. The van der Waals surface area contributed by atoms with E-state index < -0.39 is 29.9 Å². The van der Waals surface area contributed by atoms with Gasteiger partial charge in [-0.2, -0.15) is 18.2 Å². The Kier molecular flexibility index (Phi) is 8.06. The zero-order valence-corrected chi connectivity index (χ0v) is 22.1. The summed E-state index contributed by atoms with van der Waals surface area (Å²) >= 11 is 0. The first-order valence-corrected chi connectivity index (χ1v) is 11.9. The largest absolute Gasteiger partial charge is 0.451 e. The van der Waals surface area contributed by atoms with Gasteiger partial charge in [0.15, 0.2) is 17.3 Å². The van der Waals surface area contributed by atoms with E-state index in [1.807, 2.05) is 0 Å². The molecule has 0 aliphatic heterocycles. The molecule has 0 radical (unpaired) electrons. The van der Waals surface area contributed by atoms with Gasteiger partial charge in [0.2, 0.25) is 24.0 Å². The van der Waals surface area contributed by atoms with E-state index in [2.05, 4.69) is 35.4 Å². The first kappa shape index (κ1) is 28.8. The monoisotopic (exact) mass is 572 g/mol. The summed E-state index contributed by atoms with van der Waals surface area (Å²) in [7, 11) is 2.89. The molecule has 4 aromatic heterocycles. The van der Waals surface area contributed by atoms with Gasteiger partial charge in [0.25, 0.3) is 5.91 Å². The lowest BCUT2D eigenvalue weighted by Crippen LogP contribution is -2.33. The maximum Gasteiger partial charge on any atom is 0.451 e. The molecule has 1 N–H and O–H groups in total. The van der Waals surface area contributed by atoms with Crippen molar-refractivity contribution in [3.63, 3.8) is 0 Å². The minimum atomic E-state index is -4.69. The van der Waals surface area contributed by atoms with Crippen molar-refractivity contribution in [2.75, 3.05) is 24.3 Å². The van der Waals surface area contributed by atoms with Gasteiger partial charge in [-0.15, -0.1) is 0 Å². The number of alkyl halides is 3. The van der Waals surface area contributed by atoms with Gasteiger partial charge in [-0.05, 0) is 26.0 Å². The van der Waals surface area contributed by atoms with Crippen LogP contribution < -0.4 is 10.2 Å². The molecule has 17 heteroatoms. The number of halogens is 3. The Morgan fingerprint density at radius 1 is 1.15 bits per heavy atom. The second-order valence-electron chi connectivity index (χ2n) is 8.80. The van der Waals surface area contributed by atoms with Crippen LogP contribution in [-0.2, 0) is 22.3 Å². The predicted molar refractivity (Wildman–Crippen MR) is 135 cm³/mol. The molecule has 4 heterocycles. The topological polar surface area (TPSA) is 165 Å². The van der Waals surface area contributed by atoms with Crippen LogP contribution >= 0.6 is 0 Å². The maximum absolute atomic E-state index is 13.5. The Morgan fingerprint density at radius 3 is 2.46 bits per heavy atom. The van der Waals surface area contributed by atoms with Crippen molar-refractivity contribution in [2.24, 2.45) is 0 Å². The zero-order chi connectivity index (χ0) is 29.9. The summed E-state index contributed by atoms with van der Waals surface area (Å²) in [6, 6.07) is 3.51. The van der Waals surface area contributed by atoms with Crippen LogP contribution in [0.25, 0.3) is 11.3 Å². The van der Waals surface area contributed by atoms with Crippen LogP contribution in [0.1, 0.15) is 41.0 Å². The number of imidazole rings is 1. The molecule has 1 atom stereocenters. The first-order chi connectivity index (χ1) is 19.4. The lowest BCUT2D eigenvalue weighted by atomic mass is 10.2. The van der Waals surface area contributed by atoms with Crippen molar-refractivity contribution in [1.82, 2.24) is 39.5 Å². The van der Waals surface area contributed by atoms with E-state index in [9.17, 15) is 27.6 Å². The molecule has 214 valence electrons. The quantitative estimate of drug-likeness (QED) is 0.295. The predicted octanol–water partition coefficient (Wildman–Crippen LogP) is 2.51. The number of aryl methyl sites for hydroxylation is 1. The number of rotatable bonds is 9. The molecule has 0 unspecified atom stereocenters. The SMILES string of the molecule is Cc1noc(CN(C)C(=O)c2c(N(C)C=O)ncn2[C@@H](C)C(=O)Nc2cccc(-c3cnc(C(F)(F)F)nc3)n2)n1. The van der Waals surface area contributed by atoms with E-state index in [0.717, 1.165) is 17.3 Å². The summed E-state index contributed by atoms with van der Waals surface area (Å²) in [6.07, 6.45) is -1.01.